The number of hydrogen-bond acceptors (Lipinski definition) is 3. The van der Waals surface area contributed by atoms with Crippen molar-refractivity contribution in [2.45, 2.75) is 31.8 Å². The Hall–Kier alpha value is -2.11. The van der Waals surface area contributed by atoms with E-state index in [1.807, 2.05) is 24.3 Å². The zero-order valence-electron chi connectivity index (χ0n) is 13.8. The molecular weight excluding hydrogens is 343 g/mol. The maximum Gasteiger partial charge on any atom is 0.223 e. The number of benzene rings is 2. The van der Waals surface area contributed by atoms with Crippen LogP contribution in [0, 0.1) is 11.7 Å². The fraction of sp³-hybridized carbons (Fsp3) is 0.316. The molecule has 1 aliphatic carbocycles. The Morgan fingerprint density at radius 1 is 1.08 bits per heavy atom. The Kier molecular flexibility index (Phi) is 6.79. The molecule has 2 aromatic carbocycles. The topological polar surface area (TPSA) is 64.4 Å². The van der Waals surface area contributed by atoms with Crippen molar-refractivity contribution in [2.24, 2.45) is 11.7 Å². The SMILES string of the molecule is Cl.NC1CCC(C(=O)NCc2ccc(Oc3ccc(F)cc3)cc2)C1. The molecule has 0 aromatic heterocycles. The third-order valence-electron chi connectivity index (χ3n) is 4.28. The molecule has 2 atom stereocenters. The van der Waals surface area contributed by atoms with Crippen molar-refractivity contribution in [3.05, 3.63) is 59.9 Å². The summed E-state index contributed by atoms with van der Waals surface area (Å²) < 4.78 is 18.5. The van der Waals surface area contributed by atoms with E-state index in [2.05, 4.69) is 5.32 Å². The van der Waals surface area contributed by atoms with Gasteiger partial charge in [-0.3, -0.25) is 4.79 Å². The summed E-state index contributed by atoms with van der Waals surface area (Å²) in [5.74, 6) is 1.07. The number of nitrogens with two attached hydrogens (primary N) is 1. The number of hydrogen-bond donors (Lipinski definition) is 2. The summed E-state index contributed by atoms with van der Waals surface area (Å²) >= 11 is 0. The molecule has 25 heavy (non-hydrogen) atoms. The summed E-state index contributed by atoms with van der Waals surface area (Å²) in [6, 6.07) is 13.5. The molecular formula is C19H22ClFN2O2. The summed E-state index contributed by atoms with van der Waals surface area (Å²) in [6.07, 6.45) is 2.57. The summed E-state index contributed by atoms with van der Waals surface area (Å²) in [7, 11) is 0. The lowest BCUT2D eigenvalue weighted by atomic mass is 10.1. The monoisotopic (exact) mass is 364 g/mol. The van der Waals surface area contributed by atoms with Gasteiger partial charge in [-0.1, -0.05) is 12.1 Å². The van der Waals surface area contributed by atoms with E-state index in [0.29, 0.717) is 18.0 Å². The molecule has 0 spiro atoms. The molecule has 3 rings (SSSR count). The molecule has 3 N–H and O–H groups in total. The van der Waals surface area contributed by atoms with Gasteiger partial charge in [0.2, 0.25) is 5.91 Å². The average Bonchev–Trinajstić information content (AvgIpc) is 3.03. The van der Waals surface area contributed by atoms with Gasteiger partial charge in [0.1, 0.15) is 17.3 Å². The van der Waals surface area contributed by atoms with Crippen molar-refractivity contribution in [3.8, 4) is 11.5 Å². The van der Waals surface area contributed by atoms with E-state index in [1.54, 1.807) is 12.1 Å². The standard InChI is InChI=1S/C19H21FN2O2.ClH/c20-15-4-9-18(10-5-15)24-17-7-1-13(2-8-17)12-22-19(23)14-3-6-16(21)11-14;/h1-2,4-5,7-10,14,16H,3,6,11-12,21H2,(H,22,23);1H. The van der Waals surface area contributed by atoms with E-state index in [0.717, 1.165) is 24.8 Å². The van der Waals surface area contributed by atoms with Crippen LogP contribution in [-0.2, 0) is 11.3 Å². The Bertz CT molecular complexity index is 692. The van der Waals surface area contributed by atoms with Gasteiger partial charge in [0, 0.05) is 18.5 Å². The molecule has 0 saturated heterocycles. The van der Waals surface area contributed by atoms with Gasteiger partial charge in [-0.05, 0) is 61.2 Å². The number of nitrogens with one attached hydrogen (secondary N) is 1. The lowest BCUT2D eigenvalue weighted by Crippen LogP contribution is -2.29. The first-order chi connectivity index (χ1) is 11.6. The predicted octanol–water partition coefficient (Wildman–Crippen LogP) is 3.78. The van der Waals surface area contributed by atoms with Crippen LogP contribution in [0.2, 0.25) is 0 Å². The maximum absolute atomic E-state index is 12.9. The lowest BCUT2D eigenvalue weighted by Gasteiger charge is -2.11. The minimum Gasteiger partial charge on any atom is -0.457 e. The highest BCUT2D eigenvalue weighted by Gasteiger charge is 2.27. The minimum absolute atomic E-state index is 0. The zero-order valence-corrected chi connectivity index (χ0v) is 14.6. The second-order valence-electron chi connectivity index (χ2n) is 6.19. The van der Waals surface area contributed by atoms with Crippen LogP contribution in [0.25, 0.3) is 0 Å². The number of amides is 1. The molecule has 1 fully saturated rings. The van der Waals surface area contributed by atoms with Gasteiger partial charge < -0.3 is 15.8 Å². The molecule has 1 aliphatic rings. The van der Waals surface area contributed by atoms with E-state index < -0.39 is 0 Å². The first-order valence-corrected chi connectivity index (χ1v) is 8.16. The van der Waals surface area contributed by atoms with Crippen LogP contribution >= 0.6 is 12.4 Å². The summed E-state index contributed by atoms with van der Waals surface area (Å²) in [4.78, 5) is 12.1. The van der Waals surface area contributed by atoms with Crippen LogP contribution in [-0.4, -0.2) is 11.9 Å². The molecule has 4 nitrogen and oxygen atoms in total. The van der Waals surface area contributed by atoms with Gasteiger partial charge >= 0.3 is 0 Å². The third-order valence-corrected chi connectivity index (χ3v) is 4.28. The fourth-order valence-electron chi connectivity index (χ4n) is 2.90. The molecule has 2 aromatic rings. The summed E-state index contributed by atoms with van der Waals surface area (Å²) in [5.41, 5.74) is 6.84. The normalized spacial score (nSPS) is 19.1. The third kappa shape index (κ3) is 5.44. The minimum atomic E-state index is -0.295. The van der Waals surface area contributed by atoms with Gasteiger partial charge in [-0.15, -0.1) is 12.4 Å². The Balaban J connectivity index is 0.00000225. The predicted molar refractivity (Wildman–Crippen MR) is 97.3 cm³/mol. The first kappa shape index (κ1) is 19.2. The van der Waals surface area contributed by atoms with Gasteiger partial charge in [0.25, 0.3) is 0 Å². The van der Waals surface area contributed by atoms with E-state index in [9.17, 15) is 9.18 Å². The lowest BCUT2D eigenvalue weighted by molar-refractivity contribution is -0.125. The molecule has 1 amide bonds. The van der Waals surface area contributed by atoms with Crippen molar-refractivity contribution in [1.82, 2.24) is 5.32 Å². The van der Waals surface area contributed by atoms with Gasteiger partial charge in [-0.2, -0.15) is 0 Å². The first-order valence-electron chi connectivity index (χ1n) is 8.16. The van der Waals surface area contributed by atoms with Gasteiger partial charge in [-0.25, -0.2) is 4.39 Å². The smallest absolute Gasteiger partial charge is 0.223 e. The molecule has 134 valence electrons. The van der Waals surface area contributed by atoms with Gasteiger partial charge in [0.05, 0.1) is 0 Å². The van der Waals surface area contributed by atoms with Crippen LogP contribution in [0.1, 0.15) is 24.8 Å². The van der Waals surface area contributed by atoms with Crippen LogP contribution < -0.4 is 15.8 Å². The zero-order chi connectivity index (χ0) is 16.9. The average molecular weight is 365 g/mol. The van der Waals surface area contributed by atoms with Crippen molar-refractivity contribution < 1.29 is 13.9 Å². The number of carbonyl (C=O) groups is 1. The highest BCUT2D eigenvalue weighted by atomic mass is 35.5. The van der Waals surface area contributed by atoms with Crippen molar-refractivity contribution in [3.63, 3.8) is 0 Å². The highest BCUT2D eigenvalue weighted by molar-refractivity contribution is 5.85. The van der Waals surface area contributed by atoms with E-state index >= 15 is 0 Å². The van der Waals surface area contributed by atoms with Crippen molar-refractivity contribution in [2.75, 3.05) is 0 Å². The van der Waals surface area contributed by atoms with Crippen LogP contribution in [0.4, 0.5) is 4.39 Å². The Morgan fingerprint density at radius 3 is 2.24 bits per heavy atom. The largest absolute Gasteiger partial charge is 0.457 e. The Morgan fingerprint density at radius 2 is 1.68 bits per heavy atom. The molecule has 0 radical (unpaired) electrons. The quantitative estimate of drug-likeness (QED) is 0.848. The molecule has 1 saturated carbocycles. The van der Waals surface area contributed by atoms with Gasteiger partial charge in [0.15, 0.2) is 0 Å². The van der Waals surface area contributed by atoms with Crippen LogP contribution in [0.3, 0.4) is 0 Å². The molecule has 6 heteroatoms. The summed E-state index contributed by atoms with van der Waals surface area (Å²) in [6.45, 7) is 0.487. The number of carbonyl (C=O) groups excluding carboxylic acids is 1. The number of ether oxygens (including phenoxy) is 1. The highest BCUT2D eigenvalue weighted by Crippen LogP contribution is 2.24. The van der Waals surface area contributed by atoms with Crippen LogP contribution in [0.5, 0.6) is 11.5 Å². The Labute approximate surface area is 153 Å². The van der Waals surface area contributed by atoms with E-state index in [1.165, 1.54) is 12.1 Å². The fourth-order valence-corrected chi connectivity index (χ4v) is 2.90. The number of halogens is 2. The maximum atomic E-state index is 12.9. The van der Waals surface area contributed by atoms with Crippen LogP contribution in [0.15, 0.2) is 48.5 Å². The molecule has 0 aliphatic heterocycles. The second kappa shape index (κ2) is 8.83. The van der Waals surface area contributed by atoms with E-state index in [4.69, 9.17) is 10.5 Å². The number of rotatable bonds is 5. The molecule has 0 bridgehead atoms. The summed E-state index contributed by atoms with van der Waals surface area (Å²) in [5, 5.41) is 2.96. The molecule has 0 heterocycles. The second-order valence-corrected chi connectivity index (χ2v) is 6.19. The molecule has 2 unspecified atom stereocenters. The van der Waals surface area contributed by atoms with E-state index in [-0.39, 0.29) is 36.1 Å². The van der Waals surface area contributed by atoms with Crippen molar-refractivity contribution >= 4 is 18.3 Å². The van der Waals surface area contributed by atoms with Crippen molar-refractivity contribution in [1.29, 1.82) is 0 Å².